The largest absolute Gasteiger partial charge is 0.545 e. The van der Waals surface area contributed by atoms with Gasteiger partial charge < -0.3 is 9.90 Å². The first-order chi connectivity index (χ1) is 11.5. The predicted molar refractivity (Wildman–Crippen MR) is 91.7 cm³/mol. The maximum absolute atomic E-state index is 12.6. The molecule has 1 heterocycles. The van der Waals surface area contributed by atoms with Gasteiger partial charge in [-0.3, -0.25) is 9.59 Å². The Balaban J connectivity index is 1.85. The third kappa shape index (κ3) is 3.22. The van der Waals surface area contributed by atoms with E-state index in [-0.39, 0.29) is 23.8 Å². The van der Waals surface area contributed by atoms with Gasteiger partial charge in [0, 0.05) is 21.4 Å². The molecule has 24 heavy (non-hydrogen) atoms. The molecule has 2 aromatic carbocycles. The van der Waals surface area contributed by atoms with Crippen molar-refractivity contribution in [2.45, 2.75) is 16.6 Å². The highest BCUT2D eigenvalue weighted by atomic mass is 79.9. The summed E-state index contributed by atoms with van der Waals surface area (Å²) in [5.41, 5.74) is 0.523. The average Bonchev–Trinajstić information content (AvgIpc) is 2.83. The topological polar surface area (TPSA) is 77.5 Å². The van der Waals surface area contributed by atoms with Gasteiger partial charge in [0.2, 0.25) is 11.8 Å². The average molecular weight is 405 g/mol. The van der Waals surface area contributed by atoms with Crippen LogP contribution in [0.4, 0.5) is 5.69 Å². The summed E-state index contributed by atoms with van der Waals surface area (Å²) in [5, 5.41) is 10.5. The summed E-state index contributed by atoms with van der Waals surface area (Å²) in [6.07, 6.45) is 0.0287. The smallest absolute Gasteiger partial charge is 0.247 e. The van der Waals surface area contributed by atoms with Gasteiger partial charge in [-0.2, -0.15) is 0 Å². The molecule has 0 saturated carbocycles. The maximum atomic E-state index is 12.6. The van der Waals surface area contributed by atoms with E-state index in [0.717, 1.165) is 21.1 Å². The van der Waals surface area contributed by atoms with Crippen molar-refractivity contribution in [1.29, 1.82) is 0 Å². The van der Waals surface area contributed by atoms with Crippen LogP contribution in [-0.4, -0.2) is 23.0 Å². The number of rotatable bonds is 4. The number of carbonyl (C=O) groups excluding carboxylic acids is 3. The number of benzene rings is 2. The molecule has 1 atom stereocenters. The lowest BCUT2D eigenvalue weighted by Crippen LogP contribution is -2.31. The standard InChI is InChI=1S/C17H12BrNO4S/c18-10-5-7-11(8-6-10)19-15(20)9-14(16(19)21)24-13-4-2-1-3-12(13)17(22)23/h1-8,14H,9H2,(H,22,23)/p-1/t14-/m0/s1. The van der Waals surface area contributed by atoms with E-state index < -0.39 is 11.2 Å². The second-order valence-electron chi connectivity index (χ2n) is 5.14. The van der Waals surface area contributed by atoms with E-state index in [1.807, 2.05) is 0 Å². The second kappa shape index (κ2) is 6.78. The zero-order valence-electron chi connectivity index (χ0n) is 12.3. The lowest BCUT2D eigenvalue weighted by atomic mass is 10.2. The first-order valence-electron chi connectivity index (χ1n) is 7.07. The fourth-order valence-electron chi connectivity index (χ4n) is 2.45. The SMILES string of the molecule is O=C([O-])c1ccccc1S[C@H]1CC(=O)N(c2ccc(Br)cc2)C1=O. The predicted octanol–water partition coefficient (Wildman–Crippen LogP) is 2.24. The number of hydrogen-bond donors (Lipinski definition) is 0. The highest BCUT2D eigenvalue weighted by molar-refractivity contribution is 9.10. The minimum Gasteiger partial charge on any atom is -0.545 e. The molecule has 0 bridgehead atoms. The van der Waals surface area contributed by atoms with Crippen LogP contribution in [0, 0.1) is 0 Å². The fraction of sp³-hybridized carbons (Fsp3) is 0.118. The van der Waals surface area contributed by atoms with Gasteiger partial charge in [-0.05, 0) is 30.3 Å². The lowest BCUT2D eigenvalue weighted by Gasteiger charge is -2.16. The molecule has 3 rings (SSSR count). The van der Waals surface area contributed by atoms with E-state index in [2.05, 4.69) is 15.9 Å². The van der Waals surface area contributed by atoms with Gasteiger partial charge in [-0.1, -0.05) is 34.1 Å². The molecule has 1 saturated heterocycles. The van der Waals surface area contributed by atoms with Crippen molar-refractivity contribution in [2.75, 3.05) is 4.90 Å². The Labute approximate surface area is 150 Å². The van der Waals surface area contributed by atoms with Gasteiger partial charge in [0.15, 0.2) is 0 Å². The third-order valence-electron chi connectivity index (χ3n) is 3.57. The number of aromatic carboxylic acids is 1. The van der Waals surface area contributed by atoms with Crippen molar-refractivity contribution < 1.29 is 19.5 Å². The summed E-state index contributed by atoms with van der Waals surface area (Å²) in [4.78, 5) is 37.6. The number of hydrogen-bond acceptors (Lipinski definition) is 5. The molecule has 1 aliphatic heterocycles. The molecule has 0 N–H and O–H groups in total. The summed E-state index contributed by atoms with van der Waals surface area (Å²) in [7, 11) is 0. The molecule has 0 aromatic heterocycles. The molecule has 1 aliphatic rings. The van der Waals surface area contributed by atoms with Crippen molar-refractivity contribution in [3.63, 3.8) is 0 Å². The summed E-state index contributed by atoms with van der Waals surface area (Å²) in [6, 6.07) is 13.2. The zero-order valence-corrected chi connectivity index (χ0v) is 14.7. The van der Waals surface area contributed by atoms with Gasteiger partial charge >= 0.3 is 0 Å². The number of imide groups is 1. The van der Waals surface area contributed by atoms with Crippen molar-refractivity contribution in [1.82, 2.24) is 0 Å². The first-order valence-corrected chi connectivity index (χ1v) is 8.74. The van der Waals surface area contributed by atoms with Crippen molar-refractivity contribution >= 4 is 51.2 Å². The molecule has 122 valence electrons. The minimum atomic E-state index is -1.31. The Hall–Kier alpha value is -2.12. The van der Waals surface area contributed by atoms with Crippen molar-refractivity contribution in [3.8, 4) is 0 Å². The van der Waals surface area contributed by atoms with E-state index in [9.17, 15) is 19.5 Å². The number of carbonyl (C=O) groups is 3. The fourth-order valence-corrected chi connectivity index (χ4v) is 3.89. The van der Waals surface area contributed by atoms with Crippen LogP contribution in [-0.2, 0) is 9.59 Å². The Bertz CT molecular complexity index is 822. The summed E-state index contributed by atoms with van der Waals surface area (Å²) >= 11 is 4.39. The molecule has 2 amide bonds. The minimum absolute atomic E-state index is 0.0184. The molecule has 0 spiro atoms. The molecule has 0 radical (unpaired) electrons. The third-order valence-corrected chi connectivity index (χ3v) is 5.36. The van der Waals surface area contributed by atoms with Crippen LogP contribution >= 0.6 is 27.7 Å². The zero-order chi connectivity index (χ0) is 17.3. The van der Waals surface area contributed by atoms with Crippen molar-refractivity contribution in [3.05, 3.63) is 58.6 Å². The van der Waals surface area contributed by atoms with E-state index in [0.29, 0.717) is 10.6 Å². The van der Waals surface area contributed by atoms with Crippen LogP contribution in [0.3, 0.4) is 0 Å². The molecule has 0 aliphatic carbocycles. The van der Waals surface area contributed by atoms with Crippen LogP contribution < -0.4 is 10.0 Å². The monoisotopic (exact) mass is 404 g/mol. The molecule has 1 fully saturated rings. The van der Waals surface area contributed by atoms with E-state index in [1.165, 1.54) is 6.07 Å². The molecule has 7 heteroatoms. The van der Waals surface area contributed by atoms with Crippen LogP contribution in [0.1, 0.15) is 16.8 Å². The van der Waals surface area contributed by atoms with E-state index >= 15 is 0 Å². The van der Waals surface area contributed by atoms with Gasteiger partial charge in [-0.25, -0.2) is 4.90 Å². The van der Waals surface area contributed by atoms with E-state index in [1.54, 1.807) is 42.5 Å². The lowest BCUT2D eigenvalue weighted by molar-refractivity contribution is -0.255. The van der Waals surface area contributed by atoms with Crippen LogP contribution in [0.15, 0.2) is 57.9 Å². The van der Waals surface area contributed by atoms with Crippen LogP contribution in [0.25, 0.3) is 0 Å². The van der Waals surface area contributed by atoms with Crippen LogP contribution in [0.5, 0.6) is 0 Å². The van der Waals surface area contributed by atoms with Crippen molar-refractivity contribution in [2.24, 2.45) is 0 Å². The first kappa shape index (κ1) is 16.7. The highest BCUT2D eigenvalue weighted by Crippen LogP contribution is 2.35. The number of carboxylic acid groups (broad SMARTS) is 1. The number of amides is 2. The quantitative estimate of drug-likeness (QED) is 0.730. The Morgan fingerprint density at radius 2 is 1.79 bits per heavy atom. The number of thioether (sulfide) groups is 1. The molecule has 0 unspecified atom stereocenters. The summed E-state index contributed by atoms with van der Waals surface area (Å²) < 4.78 is 0.846. The van der Waals surface area contributed by atoms with Gasteiger partial charge in [0.25, 0.3) is 0 Å². The molecular formula is C17H11BrNO4S-. The number of nitrogens with zero attached hydrogens (tertiary/aromatic N) is 1. The molecular weight excluding hydrogens is 394 g/mol. The normalized spacial score (nSPS) is 17.4. The number of anilines is 1. The van der Waals surface area contributed by atoms with Gasteiger partial charge in [-0.15, -0.1) is 11.8 Å². The van der Waals surface area contributed by atoms with Gasteiger partial charge in [0.1, 0.15) is 0 Å². The molecule has 5 nitrogen and oxygen atoms in total. The number of halogens is 1. The highest BCUT2D eigenvalue weighted by Gasteiger charge is 2.40. The second-order valence-corrected chi connectivity index (χ2v) is 7.30. The Morgan fingerprint density at radius 1 is 1.12 bits per heavy atom. The maximum Gasteiger partial charge on any atom is 0.247 e. The Kier molecular flexibility index (Phi) is 4.73. The summed E-state index contributed by atoms with van der Waals surface area (Å²) in [5.74, 6) is -1.95. The Morgan fingerprint density at radius 3 is 2.46 bits per heavy atom. The summed E-state index contributed by atoms with van der Waals surface area (Å²) in [6.45, 7) is 0. The van der Waals surface area contributed by atoms with Gasteiger partial charge in [0.05, 0.1) is 16.9 Å². The number of carboxylic acids is 1. The molecule has 2 aromatic rings. The van der Waals surface area contributed by atoms with E-state index in [4.69, 9.17) is 0 Å². The van der Waals surface area contributed by atoms with Crippen LogP contribution in [0.2, 0.25) is 0 Å².